The summed E-state index contributed by atoms with van der Waals surface area (Å²) in [6.45, 7) is 23.6. The summed E-state index contributed by atoms with van der Waals surface area (Å²) in [5, 5.41) is 10.3. The molecular formula is C24H37Cl2OTi-. The number of para-hydroxylation sites is 1. The zero-order chi connectivity index (χ0) is 22.5. The minimum absolute atomic E-state index is 0.00859. The fourth-order valence-electron chi connectivity index (χ4n) is 3.16. The summed E-state index contributed by atoms with van der Waals surface area (Å²) in [7, 11) is 9.78. The van der Waals surface area contributed by atoms with Crippen LogP contribution in [0.15, 0.2) is 34.9 Å². The summed E-state index contributed by atoms with van der Waals surface area (Å²) in [4.78, 5) is 0. The van der Waals surface area contributed by atoms with E-state index in [9.17, 15) is 5.11 Å². The Morgan fingerprint density at radius 3 is 1.43 bits per heavy atom. The Morgan fingerprint density at radius 2 is 1.25 bits per heavy atom. The second kappa shape index (κ2) is 10.7. The average molecular weight is 460 g/mol. The van der Waals surface area contributed by atoms with Gasteiger partial charge >= 0.3 is 35.6 Å². The van der Waals surface area contributed by atoms with Gasteiger partial charge in [0, 0.05) is 0 Å². The third kappa shape index (κ3) is 7.90. The molecule has 0 saturated heterocycles. The molecule has 0 amide bonds. The van der Waals surface area contributed by atoms with E-state index in [1.807, 2.05) is 18.2 Å². The first-order valence-electron chi connectivity index (χ1n) is 9.60. The van der Waals surface area contributed by atoms with E-state index in [1.54, 1.807) is 0 Å². The van der Waals surface area contributed by atoms with Gasteiger partial charge in [-0.05, 0) is 22.0 Å². The second-order valence-electron chi connectivity index (χ2n) is 9.90. The van der Waals surface area contributed by atoms with Crippen molar-refractivity contribution in [1.29, 1.82) is 0 Å². The molecule has 0 heterocycles. The van der Waals surface area contributed by atoms with Crippen LogP contribution in [0.3, 0.4) is 0 Å². The van der Waals surface area contributed by atoms with Crippen LogP contribution in [0.1, 0.15) is 87.3 Å². The molecule has 1 nitrogen and oxygen atoms in total. The first-order chi connectivity index (χ1) is 12.5. The predicted molar refractivity (Wildman–Crippen MR) is 122 cm³/mol. The molecule has 0 bridgehead atoms. The number of halogens is 2. The molecule has 1 N–H and O–H groups in total. The molecular weight excluding hydrogens is 423 g/mol. The van der Waals surface area contributed by atoms with Crippen molar-refractivity contribution in [3.05, 3.63) is 52.1 Å². The van der Waals surface area contributed by atoms with Crippen LogP contribution in [-0.4, -0.2) is 5.11 Å². The van der Waals surface area contributed by atoms with Gasteiger partial charge in [0.25, 0.3) is 0 Å². The van der Waals surface area contributed by atoms with Gasteiger partial charge < -0.3 is 5.11 Å². The van der Waals surface area contributed by atoms with Gasteiger partial charge in [-0.3, -0.25) is 6.08 Å². The molecule has 4 heteroatoms. The Hall–Kier alpha value is -0.206. The Balaban J connectivity index is 0.000000483. The van der Waals surface area contributed by atoms with Crippen molar-refractivity contribution in [2.24, 2.45) is 5.41 Å². The summed E-state index contributed by atoms with van der Waals surface area (Å²) < 4.78 is 0. The SMILES string of the molecule is CC(C)(C)c1cccc(C(C)(C)C)c1O.CC1=[C-]C(C)(C)C(C)=C1C.[Cl][Ti][Cl]. The number of rotatable bonds is 0. The monoisotopic (exact) mass is 459 g/mol. The van der Waals surface area contributed by atoms with Crippen LogP contribution in [-0.2, 0) is 27.9 Å². The topological polar surface area (TPSA) is 20.2 Å². The van der Waals surface area contributed by atoms with Gasteiger partial charge in [0.15, 0.2) is 0 Å². The van der Waals surface area contributed by atoms with Crippen LogP contribution in [0.25, 0.3) is 0 Å². The standard InChI is InChI=1S/C14H22O.C10H15.2ClH.Ti/c1-13(2,3)10-8-7-9-11(12(10)15)14(4,5)6;1-7-6-10(4,5)9(3)8(7)2;;;/h7-9,15H,1-6H3;1-5H3;2*1H;/q;-1;;;+2/p-2. The number of phenolic OH excluding ortho intramolecular Hbond substituents is 1. The first-order valence-corrected chi connectivity index (χ1v) is 13.9. The molecule has 158 valence electrons. The molecule has 1 aliphatic carbocycles. The Morgan fingerprint density at radius 1 is 0.893 bits per heavy atom. The minimum atomic E-state index is -0.556. The van der Waals surface area contributed by atoms with Crippen LogP contribution >= 0.6 is 18.6 Å². The van der Waals surface area contributed by atoms with E-state index in [0.717, 1.165) is 11.1 Å². The average Bonchev–Trinajstić information content (AvgIpc) is 2.68. The van der Waals surface area contributed by atoms with Crippen molar-refractivity contribution in [3.63, 3.8) is 0 Å². The van der Waals surface area contributed by atoms with Gasteiger partial charge in [0.1, 0.15) is 5.75 Å². The summed E-state index contributed by atoms with van der Waals surface area (Å²) in [6.07, 6.45) is 3.44. The van der Waals surface area contributed by atoms with E-state index in [1.165, 1.54) is 16.7 Å². The molecule has 0 atom stereocenters. The summed E-state index contributed by atoms with van der Waals surface area (Å²) in [5.74, 6) is 0.456. The Labute approximate surface area is 190 Å². The van der Waals surface area contributed by atoms with Crippen LogP contribution in [0.4, 0.5) is 0 Å². The van der Waals surface area contributed by atoms with E-state index in [-0.39, 0.29) is 16.2 Å². The van der Waals surface area contributed by atoms with Crippen molar-refractivity contribution in [1.82, 2.24) is 0 Å². The molecule has 0 radical (unpaired) electrons. The maximum absolute atomic E-state index is 10.3. The molecule has 0 spiro atoms. The molecule has 2 rings (SSSR count). The summed E-state index contributed by atoms with van der Waals surface area (Å²) in [6, 6.07) is 6.04. The summed E-state index contributed by atoms with van der Waals surface area (Å²) >= 11 is -0.556. The van der Waals surface area contributed by atoms with Gasteiger partial charge in [-0.1, -0.05) is 92.9 Å². The Bertz CT molecular complexity index is 685. The molecule has 0 saturated carbocycles. The van der Waals surface area contributed by atoms with Crippen LogP contribution in [0.5, 0.6) is 5.75 Å². The third-order valence-corrected chi connectivity index (χ3v) is 5.21. The van der Waals surface area contributed by atoms with Gasteiger partial charge in [-0.2, -0.15) is 11.1 Å². The number of aromatic hydroxyl groups is 1. The van der Waals surface area contributed by atoms with Crippen molar-refractivity contribution in [3.8, 4) is 5.75 Å². The van der Waals surface area contributed by atoms with Crippen molar-refractivity contribution >= 4 is 18.6 Å². The van der Waals surface area contributed by atoms with E-state index < -0.39 is 17.0 Å². The fourth-order valence-corrected chi connectivity index (χ4v) is 3.16. The second-order valence-corrected chi connectivity index (χ2v) is 12.5. The molecule has 0 fully saturated rings. The van der Waals surface area contributed by atoms with Gasteiger partial charge in [-0.25, -0.2) is 5.57 Å². The molecule has 1 aromatic carbocycles. The van der Waals surface area contributed by atoms with E-state index >= 15 is 0 Å². The first kappa shape index (κ1) is 27.8. The van der Waals surface area contributed by atoms with Gasteiger partial charge in [0.2, 0.25) is 0 Å². The van der Waals surface area contributed by atoms with Gasteiger partial charge in [-0.15, -0.1) is 6.92 Å². The predicted octanol–water partition coefficient (Wildman–Crippen LogP) is 8.48. The van der Waals surface area contributed by atoms with Crippen LogP contribution < -0.4 is 0 Å². The van der Waals surface area contributed by atoms with Crippen molar-refractivity contribution in [2.45, 2.75) is 87.0 Å². The number of hydrogen-bond acceptors (Lipinski definition) is 1. The number of benzene rings is 1. The third-order valence-electron chi connectivity index (χ3n) is 5.21. The van der Waals surface area contributed by atoms with Gasteiger partial charge in [0.05, 0.1) is 0 Å². The maximum atomic E-state index is 10.3. The molecule has 0 aliphatic heterocycles. The molecule has 0 aromatic heterocycles. The zero-order valence-electron chi connectivity index (χ0n) is 19.4. The Kier molecular flexibility index (Phi) is 10.6. The normalized spacial score (nSPS) is 15.8. The zero-order valence-corrected chi connectivity index (χ0v) is 22.5. The molecule has 28 heavy (non-hydrogen) atoms. The van der Waals surface area contributed by atoms with E-state index in [0.29, 0.717) is 5.75 Å². The van der Waals surface area contributed by atoms with Crippen LogP contribution in [0, 0.1) is 11.5 Å². The number of allylic oxidation sites excluding steroid dienone is 4. The van der Waals surface area contributed by atoms with Crippen molar-refractivity contribution < 1.29 is 22.1 Å². The molecule has 1 aliphatic rings. The summed E-state index contributed by atoms with van der Waals surface area (Å²) in [5.41, 5.74) is 6.42. The number of hydrogen-bond donors (Lipinski definition) is 1. The van der Waals surface area contributed by atoms with Crippen molar-refractivity contribution in [2.75, 3.05) is 0 Å². The number of phenols is 1. The molecule has 0 unspecified atom stereocenters. The van der Waals surface area contributed by atoms with E-state index in [2.05, 4.69) is 82.2 Å². The molecule has 1 aromatic rings. The van der Waals surface area contributed by atoms with Crippen LogP contribution in [0.2, 0.25) is 0 Å². The van der Waals surface area contributed by atoms with E-state index in [4.69, 9.17) is 18.6 Å². The fraction of sp³-hybridized carbons (Fsp3) is 0.583. The quantitative estimate of drug-likeness (QED) is 0.304.